The van der Waals surface area contributed by atoms with Crippen molar-refractivity contribution < 1.29 is 9.53 Å². The second-order valence-electron chi connectivity index (χ2n) is 9.18. The predicted molar refractivity (Wildman–Crippen MR) is 139 cm³/mol. The first-order chi connectivity index (χ1) is 16.9. The molecule has 2 aromatic carbocycles. The quantitative estimate of drug-likeness (QED) is 0.312. The zero-order valence-electron chi connectivity index (χ0n) is 20.3. The highest BCUT2D eigenvalue weighted by Crippen LogP contribution is 2.23. The minimum absolute atomic E-state index is 0.0221. The van der Waals surface area contributed by atoms with E-state index < -0.39 is 0 Å². The lowest BCUT2D eigenvalue weighted by Crippen LogP contribution is -2.45. The zero-order valence-corrected chi connectivity index (χ0v) is 20.3. The number of hydrogen-bond donors (Lipinski definition) is 3. The second-order valence-corrected chi connectivity index (χ2v) is 9.18. The van der Waals surface area contributed by atoms with Gasteiger partial charge in [-0.25, -0.2) is 9.99 Å². The van der Waals surface area contributed by atoms with Gasteiger partial charge in [0, 0.05) is 47.2 Å². The number of hydrogen-bond acceptors (Lipinski definition) is 6. The molecule has 4 N–H and O–H groups in total. The topological polar surface area (TPSA) is 104 Å². The summed E-state index contributed by atoms with van der Waals surface area (Å²) in [7, 11) is 0. The van der Waals surface area contributed by atoms with Crippen LogP contribution in [0.1, 0.15) is 60.2 Å². The molecule has 1 saturated heterocycles. The Morgan fingerprint density at radius 2 is 1.97 bits per heavy atom. The highest BCUT2D eigenvalue weighted by molar-refractivity contribution is 6.14. The summed E-state index contributed by atoms with van der Waals surface area (Å²) in [5, 5.41) is 10.8. The lowest BCUT2D eigenvalue weighted by Gasteiger charge is -2.25. The van der Waals surface area contributed by atoms with Crippen molar-refractivity contribution in [3.05, 3.63) is 89.1 Å². The third kappa shape index (κ3) is 6.25. The van der Waals surface area contributed by atoms with Gasteiger partial charge in [-0.3, -0.25) is 15.6 Å². The second kappa shape index (κ2) is 11.1. The number of nitrogens with zero attached hydrogens (tertiary/aromatic N) is 2. The summed E-state index contributed by atoms with van der Waals surface area (Å²) in [6.45, 7) is 4.68. The van der Waals surface area contributed by atoms with E-state index in [-0.39, 0.29) is 17.7 Å². The van der Waals surface area contributed by atoms with Gasteiger partial charge in [0.2, 0.25) is 5.88 Å². The van der Waals surface area contributed by atoms with E-state index in [0.717, 1.165) is 32.2 Å². The number of rotatable bonds is 9. The standard InChI is InChI=1S/C28H33N5O2/c1-19(2)35-26-18-21(14-15-31-26)27(30)24-17-22(11-13-25(24)29)28(34)32-33-16-6-9-23(33)12-10-20-7-4-3-5-8-20/h3-5,7-8,11,13-15,17-19,23,30H,6,9-10,12,16,29H2,1-2H3,(H,32,34). The Kier molecular flexibility index (Phi) is 7.77. The zero-order chi connectivity index (χ0) is 24.8. The molecule has 0 aliphatic carbocycles. The number of ether oxygens (including phenoxy) is 1. The first-order valence-corrected chi connectivity index (χ1v) is 12.1. The Balaban J connectivity index is 1.45. The summed E-state index contributed by atoms with van der Waals surface area (Å²) in [6.07, 6.45) is 5.68. The molecule has 0 spiro atoms. The molecule has 4 rings (SSSR count). The largest absolute Gasteiger partial charge is 0.475 e. The number of carbonyl (C=O) groups is 1. The van der Waals surface area contributed by atoms with Crippen LogP contribution in [0.4, 0.5) is 5.69 Å². The Bertz CT molecular complexity index is 1180. The number of amides is 1. The maximum Gasteiger partial charge on any atom is 0.265 e. The van der Waals surface area contributed by atoms with Crippen LogP contribution in [0.15, 0.2) is 66.9 Å². The van der Waals surface area contributed by atoms with Gasteiger partial charge in [0.05, 0.1) is 11.8 Å². The summed E-state index contributed by atoms with van der Waals surface area (Å²) < 4.78 is 5.66. The van der Waals surface area contributed by atoms with E-state index in [4.69, 9.17) is 15.9 Å². The van der Waals surface area contributed by atoms with E-state index in [9.17, 15) is 4.79 Å². The average Bonchev–Trinajstić information content (AvgIpc) is 3.29. The maximum atomic E-state index is 13.1. The minimum Gasteiger partial charge on any atom is -0.475 e. The molecule has 7 heteroatoms. The summed E-state index contributed by atoms with van der Waals surface area (Å²) in [5.41, 5.74) is 12.9. The Labute approximate surface area is 206 Å². The van der Waals surface area contributed by atoms with E-state index in [0.29, 0.717) is 34.3 Å². The van der Waals surface area contributed by atoms with Crippen molar-refractivity contribution in [2.75, 3.05) is 12.3 Å². The van der Waals surface area contributed by atoms with Crippen LogP contribution < -0.4 is 15.9 Å². The van der Waals surface area contributed by atoms with Crippen LogP contribution in [0.2, 0.25) is 0 Å². The van der Waals surface area contributed by atoms with E-state index in [1.807, 2.05) is 19.9 Å². The van der Waals surface area contributed by atoms with Gasteiger partial charge in [-0.2, -0.15) is 0 Å². The lowest BCUT2D eigenvalue weighted by atomic mass is 9.99. The fraction of sp³-hybridized carbons (Fsp3) is 0.321. The molecule has 1 unspecified atom stereocenters. The molecule has 3 aromatic rings. The predicted octanol–water partition coefficient (Wildman–Crippen LogP) is 4.61. The molecular weight excluding hydrogens is 438 g/mol. The van der Waals surface area contributed by atoms with Crippen LogP contribution in [0.5, 0.6) is 5.88 Å². The van der Waals surface area contributed by atoms with Crippen LogP contribution in [0, 0.1) is 5.41 Å². The van der Waals surface area contributed by atoms with Crippen molar-refractivity contribution in [1.82, 2.24) is 15.4 Å². The average molecular weight is 472 g/mol. The molecule has 0 saturated carbocycles. The minimum atomic E-state index is -0.191. The Morgan fingerprint density at radius 1 is 1.17 bits per heavy atom. The van der Waals surface area contributed by atoms with Gasteiger partial charge in [-0.15, -0.1) is 0 Å². The number of nitrogens with one attached hydrogen (secondary N) is 2. The van der Waals surface area contributed by atoms with Gasteiger partial charge in [0.25, 0.3) is 5.91 Å². The van der Waals surface area contributed by atoms with Crippen LogP contribution in [-0.4, -0.2) is 40.3 Å². The molecule has 1 aromatic heterocycles. The van der Waals surface area contributed by atoms with Crippen LogP contribution >= 0.6 is 0 Å². The van der Waals surface area contributed by atoms with Gasteiger partial charge in [-0.1, -0.05) is 30.3 Å². The third-order valence-corrected chi connectivity index (χ3v) is 6.20. The fourth-order valence-corrected chi connectivity index (χ4v) is 4.40. The molecule has 7 nitrogen and oxygen atoms in total. The van der Waals surface area contributed by atoms with Crippen molar-refractivity contribution in [3.8, 4) is 5.88 Å². The van der Waals surface area contributed by atoms with Gasteiger partial charge < -0.3 is 10.5 Å². The molecule has 0 bridgehead atoms. The van der Waals surface area contributed by atoms with Gasteiger partial charge in [0.15, 0.2) is 0 Å². The van der Waals surface area contributed by atoms with Crippen molar-refractivity contribution >= 4 is 17.3 Å². The van der Waals surface area contributed by atoms with Gasteiger partial charge in [0.1, 0.15) is 0 Å². The monoisotopic (exact) mass is 471 g/mol. The number of carbonyl (C=O) groups excluding carboxylic acids is 1. The summed E-state index contributed by atoms with van der Waals surface area (Å²) in [4.78, 5) is 17.3. The van der Waals surface area contributed by atoms with Gasteiger partial charge in [-0.05, 0) is 69.4 Å². The highest BCUT2D eigenvalue weighted by atomic mass is 16.5. The van der Waals surface area contributed by atoms with Crippen molar-refractivity contribution in [3.63, 3.8) is 0 Å². The van der Waals surface area contributed by atoms with Crippen LogP contribution in [0.3, 0.4) is 0 Å². The molecule has 2 heterocycles. The summed E-state index contributed by atoms with van der Waals surface area (Å²) in [6, 6.07) is 19.3. The van der Waals surface area contributed by atoms with E-state index in [1.54, 1.807) is 36.5 Å². The third-order valence-electron chi connectivity index (χ3n) is 6.20. The molecule has 1 amide bonds. The number of pyridine rings is 1. The Hall–Kier alpha value is -3.71. The SMILES string of the molecule is CC(C)Oc1cc(C(=N)c2cc(C(=O)NN3CCCC3CCc3ccccc3)ccc2N)ccn1. The number of nitrogen functional groups attached to an aromatic ring is 1. The normalized spacial score (nSPS) is 15.8. The summed E-state index contributed by atoms with van der Waals surface area (Å²) >= 11 is 0. The number of benzene rings is 2. The molecule has 1 fully saturated rings. The number of hydrazine groups is 1. The highest BCUT2D eigenvalue weighted by Gasteiger charge is 2.26. The number of aryl methyl sites for hydroxylation is 1. The fourth-order valence-electron chi connectivity index (χ4n) is 4.40. The summed E-state index contributed by atoms with van der Waals surface area (Å²) in [5.74, 6) is 0.259. The van der Waals surface area contributed by atoms with Crippen molar-refractivity contribution in [2.45, 2.75) is 51.7 Å². The molecule has 1 atom stereocenters. The van der Waals surface area contributed by atoms with Crippen molar-refractivity contribution in [1.29, 1.82) is 5.41 Å². The molecule has 1 aliphatic heterocycles. The molecule has 182 valence electrons. The first kappa shape index (κ1) is 24.4. The van der Waals surface area contributed by atoms with Crippen LogP contribution in [0.25, 0.3) is 0 Å². The van der Waals surface area contributed by atoms with E-state index >= 15 is 0 Å². The number of anilines is 1. The van der Waals surface area contributed by atoms with E-state index in [2.05, 4.69) is 39.7 Å². The lowest BCUT2D eigenvalue weighted by molar-refractivity contribution is 0.0757. The molecule has 35 heavy (non-hydrogen) atoms. The molecule has 1 aliphatic rings. The van der Waals surface area contributed by atoms with Gasteiger partial charge >= 0.3 is 0 Å². The smallest absolute Gasteiger partial charge is 0.265 e. The molecular formula is C28H33N5O2. The Morgan fingerprint density at radius 3 is 2.74 bits per heavy atom. The number of nitrogens with two attached hydrogens (primary N) is 1. The van der Waals surface area contributed by atoms with Crippen molar-refractivity contribution in [2.24, 2.45) is 0 Å². The first-order valence-electron chi connectivity index (χ1n) is 12.1. The van der Waals surface area contributed by atoms with E-state index in [1.165, 1.54) is 5.56 Å². The molecule has 0 radical (unpaired) electrons. The van der Waals surface area contributed by atoms with Crippen LogP contribution in [-0.2, 0) is 6.42 Å². The number of aromatic nitrogens is 1. The maximum absolute atomic E-state index is 13.1.